The molecule has 0 spiro atoms. The highest BCUT2D eigenvalue weighted by Gasteiger charge is 2.07. The summed E-state index contributed by atoms with van der Waals surface area (Å²) in [6, 6.07) is 5.75. The lowest BCUT2D eigenvalue weighted by molar-refractivity contribution is -0.118. The molecule has 3 N–H and O–H groups in total. The zero-order chi connectivity index (χ0) is 12.1. The molecule has 0 saturated carbocycles. The molecule has 16 heavy (non-hydrogen) atoms. The van der Waals surface area contributed by atoms with Crippen LogP contribution in [-0.2, 0) is 4.79 Å². The maximum Gasteiger partial charge on any atom is 0.219 e. The van der Waals surface area contributed by atoms with Crippen LogP contribution in [0.1, 0.15) is 13.3 Å². The first kappa shape index (κ1) is 13.2. The van der Waals surface area contributed by atoms with Gasteiger partial charge in [0.15, 0.2) is 0 Å². The second-order valence-corrected chi connectivity index (χ2v) is 4.82. The highest BCUT2D eigenvalue weighted by Crippen LogP contribution is 2.28. The summed E-state index contributed by atoms with van der Waals surface area (Å²) in [5.41, 5.74) is 6.01. The van der Waals surface area contributed by atoms with Crippen molar-refractivity contribution in [2.24, 2.45) is 5.73 Å². The average Bonchev–Trinajstić information content (AvgIpc) is 2.16. The molecule has 5 heteroatoms. The third kappa shape index (κ3) is 3.94. The fraction of sp³-hybridized carbons (Fsp3) is 0.364. The first-order valence-corrected chi connectivity index (χ1v) is 6.51. The normalized spacial score (nSPS) is 12.2. The van der Waals surface area contributed by atoms with Crippen LogP contribution in [-0.4, -0.2) is 18.2 Å². The Morgan fingerprint density at radius 3 is 2.81 bits per heavy atom. The SMILES string of the molecule is CSc1ccc(NC(C)CC(N)=O)cc1Cl. The van der Waals surface area contributed by atoms with Crippen molar-refractivity contribution >= 4 is 35.0 Å². The largest absolute Gasteiger partial charge is 0.382 e. The number of rotatable bonds is 5. The average molecular weight is 259 g/mol. The molecule has 0 saturated heterocycles. The van der Waals surface area contributed by atoms with Crippen molar-refractivity contribution in [2.45, 2.75) is 24.3 Å². The Kier molecular flexibility index (Phi) is 4.96. The number of amides is 1. The van der Waals surface area contributed by atoms with Crippen LogP contribution >= 0.6 is 23.4 Å². The molecule has 0 aliphatic heterocycles. The van der Waals surface area contributed by atoms with Gasteiger partial charge in [-0.3, -0.25) is 4.79 Å². The highest BCUT2D eigenvalue weighted by atomic mass is 35.5. The van der Waals surface area contributed by atoms with Crippen molar-refractivity contribution in [1.29, 1.82) is 0 Å². The van der Waals surface area contributed by atoms with E-state index in [-0.39, 0.29) is 11.9 Å². The number of nitrogens with two attached hydrogens (primary N) is 1. The summed E-state index contributed by atoms with van der Waals surface area (Å²) >= 11 is 7.67. The Balaban J connectivity index is 2.67. The van der Waals surface area contributed by atoms with E-state index in [1.165, 1.54) is 0 Å². The first-order valence-electron chi connectivity index (χ1n) is 4.91. The number of primary amides is 1. The maximum absolute atomic E-state index is 10.7. The molecule has 0 aliphatic carbocycles. The number of halogens is 1. The Morgan fingerprint density at radius 1 is 1.62 bits per heavy atom. The van der Waals surface area contributed by atoms with E-state index in [1.807, 2.05) is 31.4 Å². The number of hydrogen-bond acceptors (Lipinski definition) is 3. The van der Waals surface area contributed by atoms with Crippen molar-refractivity contribution < 1.29 is 4.79 Å². The van der Waals surface area contributed by atoms with Crippen LogP contribution in [0.2, 0.25) is 5.02 Å². The zero-order valence-corrected chi connectivity index (χ0v) is 10.9. The molecule has 0 bridgehead atoms. The molecule has 1 rings (SSSR count). The van der Waals surface area contributed by atoms with Crippen molar-refractivity contribution in [3.05, 3.63) is 23.2 Å². The lowest BCUT2D eigenvalue weighted by atomic mass is 10.2. The summed E-state index contributed by atoms with van der Waals surface area (Å²) < 4.78 is 0. The maximum atomic E-state index is 10.7. The second kappa shape index (κ2) is 6.01. The zero-order valence-electron chi connectivity index (χ0n) is 9.29. The van der Waals surface area contributed by atoms with Gasteiger partial charge in [-0.05, 0) is 31.4 Å². The molecule has 1 aromatic carbocycles. The van der Waals surface area contributed by atoms with Gasteiger partial charge < -0.3 is 11.1 Å². The summed E-state index contributed by atoms with van der Waals surface area (Å²) in [6.45, 7) is 1.90. The molecule has 1 atom stereocenters. The number of hydrogen-bond donors (Lipinski definition) is 2. The minimum Gasteiger partial charge on any atom is -0.382 e. The molecule has 88 valence electrons. The van der Waals surface area contributed by atoms with Crippen molar-refractivity contribution in [1.82, 2.24) is 0 Å². The number of nitrogens with one attached hydrogen (secondary N) is 1. The van der Waals surface area contributed by atoms with Crippen LogP contribution in [0.25, 0.3) is 0 Å². The minimum absolute atomic E-state index is 0.00805. The van der Waals surface area contributed by atoms with Crippen LogP contribution < -0.4 is 11.1 Å². The van der Waals surface area contributed by atoms with Crippen LogP contribution in [0, 0.1) is 0 Å². The second-order valence-electron chi connectivity index (χ2n) is 3.57. The lowest BCUT2D eigenvalue weighted by Crippen LogP contribution is -2.23. The highest BCUT2D eigenvalue weighted by molar-refractivity contribution is 7.98. The van der Waals surface area contributed by atoms with E-state index in [1.54, 1.807) is 11.8 Å². The van der Waals surface area contributed by atoms with E-state index in [9.17, 15) is 4.79 Å². The van der Waals surface area contributed by atoms with E-state index >= 15 is 0 Å². The summed E-state index contributed by atoms with van der Waals surface area (Å²) in [7, 11) is 0. The lowest BCUT2D eigenvalue weighted by Gasteiger charge is -2.14. The van der Waals surface area contributed by atoms with Gasteiger partial charge >= 0.3 is 0 Å². The number of carbonyl (C=O) groups is 1. The first-order chi connectivity index (χ1) is 7.52. The third-order valence-corrected chi connectivity index (χ3v) is 3.29. The third-order valence-electron chi connectivity index (χ3n) is 2.07. The van der Waals surface area contributed by atoms with Gasteiger partial charge in [-0.15, -0.1) is 11.8 Å². The Morgan fingerprint density at radius 2 is 2.31 bits per heavy atom. The van der Waals surface area contributed by atoms with E-state index in [2.05, 4.69) is 5.32 Å². The van der Waals surface area contributed by atoms with Gasteiger partial charge in [0.1, 0.15) is 0 Å². The van der Waals surface area contributed by atoms with Crippen molar-refractivity contribution in [2.75, 3.05) is 11.6 Å². The van der Waals surface area contributed by atoms with Crippen LogP contribution in [0.15, 0.2) is 23.1 Å². The van der Waals surface area contributed by atoms with Crippen LogP contribution in [0.3, 0.4) is 0 Å². The van der Waals surface area contributed by atoms with E-state index in [0.717, 1.165) is 10.6 Å². The monoisotopic (exact) mass is 258 g/mol. The number of anilines is 1. The fourth-order valence-corrected chi connectivity index (χ4v) is 2.26. The Bertz CT molecular complexity index is 384. The van der Waals surface area contributed by atoms with Crippen molar-refractivity contribution in [3.8, 4) is 0 Å². The van der Waals surface area contributed by atoms with Crippen LogP contribution in [0.5, 0.6) is 0 Å². The number of benzene rings is 1. The molecule has 3 nitrogen and oxygen atoms in total. The number of carbonyl (C=O) groups excluding carboxylic acids is 1. The summed E-state index contributed by atoms with van der Waals surface area (Å²) in [6.07, 6.45) is 2.28. The van der Waals surface area contributed by atoms with Gasteiger partial charge in [-0.2, -0.15) is 0 Å². The summed E-state index contributed by atoms with van der Waals surface area (Å²) in [5, 5.41) is 3.88. The van der Waals surface area contributed by atoms with Gasteiger partial charge in [0, 0.05) is 23.0 Å². The molecule has 0 aromatic heterocycles. The number of thioether (sulfide) groups is 1. The predicted octanol–water partition coefficient (Wildman–Crippen LogP) is 2.74. The quantitative estimate of drug-likeness (QED) is 0.799. The predicted molar refractivity (Wildman–Crippen MR) is 70.1 cm³/mol. The van der Waals surface area contributed by atoms with E-state index in [0.29, 0.717) is 11.4 Å². The standard InChI is InChI=1S/C11H15ClN2OS/c1-7(5-11(13)15)14-8-3-4-10(16-2)9(12)6-8/h3-4,6-7,14H,5H2,1-2H3,(H2,13,15). The summed E-state index contributed by atoms with van der Waals surface area (Å²) in [5.74, 6) is -0.313. The van der Waals surface area contributed by atoms with Gasteiger partial charge in [-0.25, -0.2) is 0 Å². The molecule has 1 amide bonds. The smallest absolute Gasteiger partial charge is 0.219 e. The van der Waals surface area contributed by atoms with Gasteiger partial charge in [0.05, 0.1) is 5.02 Å². The topological polar surface area (TPSA) is 55.1 Å². The molecule has 0 heterocycles. The minimum atomic E-state index is -0.313. The Hall–Kier alpha value is -0.870. The fourth-order valence-electron chi connectivity index (χ4n) is 1.39. The van der Waals surface area contributed by atoms with Gasteiger partial charge in [-0.1, -0.05) is 11.6 Å². The van der Waals surface area contributed by atoms with Crippen molar-refractivity contribution in [3.63, 3.8) is 0 Å². The molecule has 1 unspecified atom stereocenters. The molecule has 1 aromatic rings. The molecular weight excluding hydrogens is 244 g/mol. The van der Waals surface area contributed by atoms with Crippen LogP contribution in [0.4, 0.5) is 5.69 Å². The summed E-state index contributed by atoms with van der Waals surface area (Å²) in [4.78, 5) is 11.8. The van der Waals surface area contributed by atoms with E-state index < -0.39 is 0 Å². The molecular formula is C11H15ClN2OS. The molecule has 0 radical (unpaired) electrons. The van der Waals surface area contributed by atoms with Gasteiger partial charge in [0.2, 0.25) is 5.91 Å². The Labute approximate surface area is 105 Å². The molecule has 0 fully saturated rings. The molecule has 0 aliphatic rings. The van der Waals surface area contributed by atoms with Gasteiger partial charge in [0.25, 0.3) is 0 Å². The van der Waals surface area contributed by atoms with E-state index in [4.69, 9.17) is 17.3 Å².